The molecule has 0 radical (unpaired) electrons. The van der Waals surface area contributed by atoms with Crippen LogP contribution in [-0.2, 0) is 0 Å². The molecule has 1 aliphatic heterocycles. The van der Waals surface area contributed by atoms with E-state index in [-0.39, 0.29) is 6.04 Å². The average molecular weight is 452 g/mol. The molecule has 0 saturated heterocycles. The first kappa shape index (κ1) is 17.1. The number of anilines is 1. The van der Waals surface area contributed by atoms with E-state index in [9.17, 15) is 0 Å². The maximum atomic E-state index is 6.49. The molecule has 0 N–H and O–H groups in total. The molecule has 0 amide bonds. The van der Waals surface area contributed by atoms with Crippen molar-refractivity contribution in [3.8, 4) is 0 Å². The van der Waals surface area contributed by atoms with Crippen molar-refractivity contribution < 1.29 is 0 Å². The number of halogens is 3. The van der Waals surface area contributed by atoms with Crippen LogP contribution in [0.4, 0.5) is 5.69 Å². The van der Waals surface area contributed by atoms with Crippen LogP contribution in [0.15, 0.2) is 69.6 Å². The second kappa shape index (κ2) is 7.12. The zero-order chi connectivity index (χ0) is 17.4. The van der Waals surface area contributed by atoms with E-state index in [0.29, 0.717) is 10.0 Å². The minimum atomic E-state index is 0.0445. The summed E-state index contributed by atoms with van der Waals surface area (Å²) in [5, 5.41) is 10.3. The van der Waals surface area contributed by atoms with Gasteiger partial charge in [0.25, 0.3) is 0 Å². The molecule has 126 valence electrons. The highest BCUT2D eigenvalue weighted by Crippen LogP contribution is 2.40. The standard InChI is InChI=1S/C19H13BrCl2N2S/c20-12-3-6-14(7-4-12)24-18(15-8-5-13(21)10-16(15)22)11-17(23-24)19-2-1-9-25-19/h1-10,18H,11H2/t18-/m0/s1. The van der Waals surface area contributed by atoms with Crippen LogP contribution < -0.4 is 5.01 Å². The first-order valence-corrected chi connectivity index (χ1v) is 10.2. The van der Waals surface area contributed by atoms with Crippen LogP contribution in [-0.4, -0.2) is 5.71 Å². The summed E-state index contributed by atoms with van der Waals surface area (Å²) >= 11 is 17.8. The Hall–Kier alpha value is -1.33. The Kier molecular flexibility index (Phi) is 4.87. The zero-order valence-corrected chi connectivity index (χ0v) is 16.9. The SMILES string of the molecule is Clc1ccc([C@@H]2CC(c3cccs3)=NN2c2ccc(Br)cc2)c(Cl)c1. The van der Waals surface area contributed by atoms with E-state index >= 15 is 0 Å². The average Bonchev–Trinajstić information content (AvgIpc) is 3.25. The van der Waals surface area contributed by atoms with Gasteiger partial charge in [-0.15, -0.1) is 11.3 Å². The van der Waals surface area contributed by atoms with Gasteiger partial charge in [0.2, 0.25) is 0 Å². The fourth-order valence-corrected chi connectivity index (χ4v) is 4.47. The monoisotopic (exact) mass is 450 g/mol. The fourth-order valence-electron chi connectivity index (χ4n) is 2.95. The maximum absolute atomic E-state index is 6.49. The van der Waals surface area contributed by atoms with Crippen LogP contribution in [0.3, 0.4) is 0 Å². The highest BCUT2D eigenvalue weighted by molar-refractivity contribution is 9.10. The van der Waals surface area contributed by atoms with E-state index in [0.717, 1.165) is 27.9 Å². The molecule has 2 heterocycles. The minimum absolute atomic E-state index is 0.0445. The van der Waals surface area contributed by atoms with Gasteiger partial charge in [-0.25, -0.2) is 0 Å². The lowest BCUT2D eigenvalue weighted by Crippen LogP contribution is -2.18. The van der Waals surface area contributed by atoms with Crippen molar-refractivity contribution in [1.29, 1.82) is 0 Å². The maximum Gasteiger partial charge on any atom is 0.0846 e. The summed E-state index contributed by atoms with van der Waals surface area (Å²) in [6.45, 7) is 0. The largest absolute Gasteiger partial charge is 0.257 e. The normalized spacial score (nSPS) is 17.0. The minimum Gasteiger partial charge on any atom is -0.257 e. The molecule has 0 aliphatic carbocycles. The predicted molar refractivity (Wildman–Crippen MR) is 111 cm³/mol. The quantitative estimate of drug-likeness (QED) is 0.411. The Morgan fingerprint density at radius 3 is 2.56 bits per heavy atom. The Balaban J connectivity index is 1.77. The van der Waals surface area contributed by atoms with Crippen molar-refractivity contribution in [2.75, 3.05) is 5.01 Å². The molecule has 4 rings (SSSR count). The Labute approximate surface area is 168 Å². The molecule has 6 heteroatoms. The molecule has 3 aromatic rings. The third-order valence-electron chi connectivity index (χ3n) is 4.13. The smallest absolute Gasteiger partial charge is 0.0846 e. The lowest BCUT2D eigenvalue weighted by Gasteiger charge is -2.25. The second-order valence-corrected chi connectivity index (χ2v) is 8.44. The molecule has 0 fully saturated rings. The van der Waals surface area contributed by atoms with Gasteiger partial charge in [0.05, 0.1) is 22.3 Å². The Morgan fingerprint density at radius 2 is 1.88 bits per heavy atom. The van der Waals surface area contributed by atoms with Crippen LogP contribution in [0, 0.1) is 0 Å². The van der Waals surface area contributed by atoms with Crippen molar-refractivity contribution in [1.82, 2.24) is 0 Å². The van der Waals surface area contributed by atoms with Crippen LogP contribution in [0.2, 0.25) is 10.0 Å². The van der Waals surface area contributed by atoms with E-state index in [1.807, 2.05) is 24.3 Å². The molecule has 0 spiro atoms. The summed E-state index contributed by atoms with van der Waals surface area (Å²) in [5.74, 6) is 0. The van der Waals surface area contributed by atoms with Gasteiger partial charge < -0.3 is 0 Å². The molecule has 0 saturated carbocycles. The van der Waals surface area contributed by atoms with E-state index in [2.05, 4.69) is 50.6 Å². The summed E-state index contributed by atoms with van der Waals surface area (Å²) < 4.78 is 1.04. The van der Waals surface area contributed by atoms with Crippen molar-refractivity contribution in [3.05, 3.63) is 84.9 Å². The first-order valence-electron chi connectivity index (χ1n) is 7.73. The second-order valence-electron chi connectivity index (χ2n) is 5.73. The van der Waals surface area contributed by atoms with Gasteiger partial charge in [0.1, 0.15) is 0 Å². The summed E-state index contributed by atoms with van der Waals surface area (Å²) in [7, 11) is 0. The Bertz CT molecular complexity index is 923. The van der Waals surface area contributed by atoms with Gasteiger partial charge in [-0.3, -0.25) is 5.01 Å². The van der Waals surface area contributed by atoms with E-state index in [4.69, 9.17) is 28.3 Å². The van der Waals surface area contributed by atoms with E-state index in [1.165, 1.54) is 4.88 Å². The van der Waals surface area contributed by atoms with Gasteiger partial charge in [0, 0.05) is 20.9 Å². The summed E-state index contributed by atoms with van der Waals surface area (Å²) in [6, 6.07) is 18.0. The molecule has 1 aliphatic rings. The summed E-state index contributed by atoms with van der Waals surface area (Å²) in [5.41, 5.74) is 3.14. The molecule has 0 bridgehead atoms. The van der Waals surface area contributed by atoms with Crippen LogP contribution in [0.5, 0.6) is 0 Å². The molecule has 1 atom stereocenters. The predicted octanol–water partition coefficient (Wildman–Crippen LogP) is 7.17. The number of thiophene rings is 1. The molecule has 0 unspecified atom stereocenters. The van der Waals surface area contributed by atoms with Crippen LogP contribution in [0.1, 0.15) is 22.9 Å². The van der Waals surface area contributed by atoms with Crippen LogP contribution in [0.25, 0.3) is 0 Å². The zero-order valence-electron chi connectivity index (χ0n) is 13.0. The third-order valence-corrected chi connectivity index (χ3v) is 6.14. The number of hydrogen-bond acceptors (Lipinski definition) is 3. The number of rotatable bonds is 3. The topological polar surface area (TPSA) is 15.6 Å². The van der Waals surface area contributed by atoms with Gasteiger partial charge in [-0.2, -0.15) is 5.10 Å². The van der Waals surface area contributed by atoms with Gasteiger partial charge in [0.15, 0.2) is 0 Å². The van der Waals surface area contributed by atoms with Crippen LogP contribution >= 0.6 is 50.5 Å². The summed E-state index contributed by atoms with van der Waals surface area (Å²) in [4.78, 5) is 1.19. The van der Waals surface area contributed by atoms with Gasteiger partial charge in [-0.1, -0.05) is 51.3 Å². The molecule has 2 nitrogen and oxygen atoms in total. The molecular formula is C19H13BrCl2N2S. The lowest BCUT2D eigenvalue weighted by molar-refractivity contribution is 0.709. The lowest BCUT2D eigenvalue weighted by atomic mass is 10.0. The van der Waals surface area contributed by atoms with E-state index in [1.54, 1.807) is 17.4 Å². The summed E-state index contributed by atoms with van der Waals surface area (Å²) in [6.07, 6.45) is 0.804. The number of nitrogens with zero attached hydrogens (tertiary/aromatic N) is 2. The first-order chi connectivity index (χ1) is 12.1. The highest BCUT2D eigenvalue weighted by atomic mass is 79.9. The van der Waals surface area contributed by atoms with Crippen molar-refractivity contribution in [2.24, 2.45) is 5.10 Å². The number of hydrogen-bond donors (Lipinski definition) is 0. The molecule has 25 heavy (non-hydrogen) atoms. The fraction of sp³-hybridized carbons (Fsp3) is 0.105. The Morgan fingerprint density at radius 1 is 1.08 bits per heavy atom. The molecule has 1 aromatic heterocycles. The third kappa shape index (κ3) is 3.49. The van der Waals surface area contributed by atoms with Gasteiger partial charge >= 0.3 is 0 Å². The van der Waals surface area contributed by atoms with E-state index < -0.39 is 0 Å². The number of benzene rings is 2. The number of hydrazone groups is 1. The van der Waals surface area contributed by atoms with Crippen molar-refractivity contribution in [3.63, 3.8) is 0 Å². The van der Waals surface area contributed by atoms with Crippen molar-refractivity contribution >= 4 is 61.9 Å². The van der Waals surface area contributed by atoms with Crippen molar-refractivity contribution in [2.45, 2.75) is 12.5 Å². The highest BCUT2D eigenvalue weighted by Gasteiger charge is 2.31. The molecular weight excluding hydrogens is 439 g/mol. The molecule has 2 aromatic carbocycles. The van der Waals surface area contributed by atoms with Gasteiger partial charge in [-0.05, 0) is 53.4 Å².